The van der Waals surface area contributed by atoms with E-state index in [4.69, 9.17) is 9.29 Å². The molecule has 1 unspecified atom stereocenters. The van der Waals surface area contributed by atoms with Gasteiger partial charge in [-0.3, -0.25) is 0 Å². The fourth-order valence-electron chi connectivity index (χ4n) is 1.58. The second-order valence-corrected chi connectivity index (χ2v) is 4.87. The van der Waals surface area contributed by atoms with Crippen LogP contribution >= 0.6 is 0 Å². The van der Waals surface area contributed by atoms with Crippen LogP contribution < -0.4 is 4.74 Å². The van der Waals surface area contributed by atoms with Crippen LogP contribution in [0, 0.1) is 6.92 Å². The van der Waals surface area contributed by atoms with Gasteiger partial charge in [0.05, 0.1) is 22.6 Å². The Morgan fingerprint density at radius 3 is 2.56 bits per heavy atom. The molecule has 5 nitrogen and oxygen atoms in total. The molecule has 2 aromatic rings. The first-order chi connectivity index (χ1) is 8.58. The summed E-state index contributed by atoms with van der Waals surface area (Å²) in [4.78, 5) is 4.54. The molecule has 1 atom stereocenters. The smallest absolute Gasteiger partial charge is 0.186 e. The highest BCUT2D eigenvalue weighted by molar-refractivity contribution is 7.79. The fourth-order valence-corrected chi connectivity index (χ4v) is 1.95. The molecule has 0 bridgehead atoms. The lowest BCUT2D eigenvalue weighted by Crippen LogP contribution is -2.03. The molecule has 1 N–H and O–H groups in total. The van der Waals surface area contributed by atoms with Gasteiger partial charge in [-0.05, 0) is 31.2 Å². The highest BCUT2D eigenvalue weighted by Crippen LogP contribution is 2.16. The van der Waals surface area contributed by atoms with Crippen LogP contribution in [0.1, 0.15) is 11.4 Å². The fraction of sp³-hybridized carbons (Fsp3) is 0.250. The molecule has 1 aromatic heterocycles. The number of hydrogen-bond acceptors (Lipinski definition) is 3. The predicted molar refractivity (Wildman–Crippen MR) is 67.8 cm³/mol. The zero-order valence-corrected chi connectivity index (χ0v) is 11.0. The Morgan fingerprint density at radius 2 is 2.06 bits per heavy atom. The summed E-state index contributed by atoms with van der Waals surface area (Å²) in [7, 11) is 1.91. The van der Waals surface area contributed by atoms with E-state index >= 15 is 0 Å². The molecule has 0 saturated heterocycles. The van der Waals surface area contributed by atoms with Crippen molar-refractivity contribution in [2.75, 3.05) is 0 Å². The largest absolute Gasteiger partial charge is 0.487 e. The minimum Gasteiger partial charge on any atom is -0.487 e. The van der Waals surface area contributed by atoms with Crippen LogP contribution in [0.4, 0.5) is 0 Å². The van der Waals surface area contributed by atoms with Gasteiger partial charge in [0.25, 0.3) is 0 Å². The number of hydrogen-bond donors (Lipinski definition) is 1. The van der Waals surface area contributed by atoms with Crippen LogP contribution in [0.15, 0.2) is 35.5 Å². The number of aryl methyl sites for hydroxylation is 2. The maximum atomic E-state index is 10.8. The molecule has 0 aliphatic rings. The van der Waals surface area contributed by atoms with Gasteiger partial charge in [-0.1, -0.05) is 0 Å². The molecule has 6 heteroatoms. The molecule has 0 fully saturated rings. The van der Waals surface area contributed by atoms with Gasteiger partial charge in [-0.15, -0.1) is 0 Å². The van der Waals surface area contributed by atoms with Crippen LogP contribution in [-0.4, -0.2) is 18.3 Å². The number of nitrogens with zero attached hydrogens (tertiary/aromatic N) is 2. The molecule has 18 heavy (non-hydrogen) atoms. The van der Waals surface area contributed by atoms with E-state index < -0.39 is 11.1 Å². The third-order valence-corrected chi connectivity index (χ3v) is 3.34. The molecule has 2 rings (SSSR count). The minimum atomic E-state index is -1.95. The number of imidazole rings is 1. The van der Waals surface area contributed by atoms with E-state index in [1.165, 1.54) is 0 Å². The molecule has 0 saturated carbocycles. The van der Waals surface area contributed by atoms with Crippen LogP contribution in [0.2, 0.25) is 0 Å². The Balaban J connectivity index is 2.04. The molecule has 1 aromatic carbocycles. The maximum Gasteiger partial charge on any atom is 0.186 e. The van der Waals surface area contributed by atoms with Crippen molar-refractivity contribution in [1.29, 1.82) is 0 Å². The number of rotatable bonds is 4. The van der Waals surface area contributed by atoms with Crippen LogP contribution in [0.5, 0.6) is 5.75 Å². The van der Waals surface area contributed by atoms with Gasteiger partial charge >= 0.3 is 0 Å². The molecule has 1 heterocycles. The number of aromatic nitrogens is 2. The van der Waals surface area contributed by atoms with Crippen molar-refractivity contribution in [3.8, 4) is 5.75 Å². The molecule has 0 aliphatic carbocycles. The molecule has 0 spiro atoms. The Labute approximate surface area is 108 Å². The monoisotopic (exact) mass is 266 g/mol. The van der Waals surface area contributed by atoms with E-state index in [1.807, 2.05) is 18.5 Å². The maximum absolute atomic E-state index is 10.8. The second-order valence-electron chi connectivity index (χ2n) is 3.90. The van der Waals surface area contributed by atoms with Gasteiger partial charge in [0.15, 0.2) is 11.1 Å². The highest BCUT2D eigenvalue weighted by atomic mass is 32.2. The second kappa shape index (κ2) is 5.32. The van der Waals surface area contributed by atoms with Crippen LogP contribution in [0.3, 0.4) is 0 Å². The first-order valence-electron chi connectivity index (χ1n) is 5.38. The minimum absolute atomic E-state index is 0.360. The van der Waals surface area contributed by atoms with Crippen molar-refractivity contribution < 1.29 is 13.5 Å². The average Bonchev–Trinajstić information content (AvgIpc) is 2.67. The van der Waals surface area contributed by atoms with Crippen molar-refractivity contribution in [2.45, 2.75) is 18.4 Å². The molecular weight excluding hydrogens is 252 g/mol. The average molecular weight is 266 g/mol. The van der Waals surface area contributed by atoms with Crippen molar-refractivity contribution >= 4 is 11.1 Å². The first kappa shape index (κ1) is 12.8. The molecular formula is C12H14N2O3S. The summed E-state index contributed by atoms with van der Waals surface area (Å²) < 4.78 is 27.2. The van der Waals surface area contributed by atoms with E-state index in [1.54, 1.807) is 30.6 Å². The third-order valence-electron chi connectivity index (χ3n) is 2.67. The molecule has 0 radical (unpaired) electrons. The zero-order chi connectivity index (χ0) is 13.1. The van der Waals surface area contributed by atoms with E-state index in [-0.39, 0.29) is 0 Å². The molecule has 96 valence electrons. The van der Waals surface area contributed by atoms with Crippen molar-refractivity contribution in [3.63, 3.8) is 0 Å². The van der Waals surface area contributed by atoms with Gasteiger partial charge in [-0.2, -0.15) is 0 Å². The summed E-state index contributed by atoms with van der Waals surface area (Å²) in [6.45, 7) is 2.35. The Bertz CT molecular complexity index is 544. The van der Waals surface area contributed by atoms with Gasteiger partial charge in [-0.25, -0.2) is 9.19 Å². The highest BCUT2D eigenvalue weighted by Gasteiger charge is 2.06. The summed E-state index contributed by atoms with van der Waals surface area (Å²) >= 11 is -1.95. The van der Waals surface area contributed by atoms with Gasteiger partial charge in [0.1, 0.15) is 12.4 Å². The summed E-state index contributed by atoms with van der Waals surface area (Å²) in [6, 6.07) is 6.49. The van der Waals surface area contributed by atoms with E-state index in [0.717, 1.165) is 11.4 Å². The van der Waals surface area contributed by atoms with Crippen molar-refractivity contribution in [2.24, 2.45) is 7.05 Å². The van der Waals surface area contributed by atoms with Gasteiger partial charge in [0.2, 0.25) is 0 Å². The first-order valence-corrected chi connectivity index (χ1v) is 6.49. The SMILES string of the molecule is Cc1ncn(C)c1COc1ccc(S(=O)O)cc1. The quantitative estimate of drug-likeness (QED) is 0.858. The summed E-state index contributed by atoms with van der Waals surface area (Å²) in [5, 5.41) is 0. The van der Waals surface area contributed by atoms with E-state index in [0.29, 0.717) is 17.3 Å². The van der Waals surface area contributed by atoms with Crippen LogP contribution in [0.25, 0.3) is 0 Å². The van der Waals surface area contributed by atoms with Gasteiger partial charge < -0.3 is 13.9 Å². The van der Waals surface area contributed by atoms with Crippen molar-refractivity contribution in [3.05, 3.63) is 42.0 Å². The normalized spacial score (nSPS) is 12.4. The van der Waals surface area contributed by atoms with Crippen molar-refractivity contribution in [1.82, 2.24) is 9.55 Å². The summed E-state index contributed by atoms with van der Waals surface area (Å²) in [5.41, 5.74) is 1.94. The Hall–Kier alpha value is -1.66. The van der Waals surface area contributed by atoms with E-state index in [9.17, 15) is 4.21 Å². The van der Waals surface area contributed by atoms with Gasteiger partial charge in [0, 0.05) is 7.05 Å². The van der Waals surface area contributed by atoms with Crippen LogP contribution in [-0.2, 0) is 24.7 Å². The molecule has 0 aliphatic heterocycles. The number of ether oxygens (including phenoxy) is 1. The zero-order valence-electron chi connectivity index (χ0n) is 10.2. The third kappa shape index (κ3) is 2.77. The Morgan fingerprint density at radius 1 is 1.39 bits per heavy atom. The Kier molecular flexibility index (Phi) is 3.78. The lowest BCUT2D eigenvalue weighted by molar-refractivity contribution is 0.296. The number of benzene rings is 1. The summed E-state index contributed by atoms with van der Waals surface area (Å²) in [6.07, 6.45) is 1.74. The lowest BCUT2D eigenvalue weighted by Gasteiger charge is -2.07. The summed E-state index contributed by atoms with van der Waals surface area (Å²) in [5.74, 6) is 0.657. The molecule has 0 amide bonds. The topological polar surface area (TPSA) is 64.4 Å². The predicted octanol–water partition coefficient (Wildman–Crippen LogP) is 1.89. The van der Waals surface area contributed by atoms with E-state index in [2.05, 4.69) is 4.98 Å². The standard InChI is InChI=1S/C12H14N2O3S/c1-9-12(14(2)8-13-9)7-17-10-3-5-11(6-4-10)18(15)16/h3-6,8H,7H2,1-2H3,(H,15,16). The lowest BCUT2D eigenvalue weighted by atomic mass is 10.3.